The van der Waals surface area contributed by atoms with Gasteiger partial charge < -0.3 is 10.1 Å². The first-order chi connectivity index (χ1) is 11.0. The van der Waals surface area contributed by atoms with Crippen molar-refractivity contribution in [2.45, 2.75) is 17.3 Å². The standard InChI is InChI=1S/C14H16FN3O2S3/c1-9(7-20-2)16-12(19)8-22-13-17-18(14(21)23-13)11-5-3-10(15)4-6-11/h3-6,9H,7-8H2,1-2H3,(H,16,19)/t9-/m0/s1. The number of ether oxygens (including phenoxy) is 1. The van der Waals surface area contributed by atoms with Crippen molar-refractivity contribution in [3.63, 3.8) is 0 Å². The maximum atomic E-state index is 13.0. The molecular weight excluding hydrogens is 357 g/mol. The summed E-state index contributed by atoms with van der Waals surface area (Å²) in [5.41, 5.74) is 0.692. The van der Waals surface area contributed by atoms with Gasteiger partial charge in [-0.3, -0.25) is 4.79 Å². The van der Waals surface area contributed by atoms with Gasteiger partial charge in [-0.25, -0.2) is 9.07 Å². The molecule has 1 N–H and O–H groups in total. The van der Waals surface area contributed by atoms with Crippen molar-refractivity contribution in [1.29, 1.82) is 0 Å². The number of nitrogens with one attached hydrogen (secondary N) is 1. The van der Waals surface area contributed by atoms with E-state index in [0.717, 1.165) is 0 Å². The van der Waals surface area contributed by atoms with E-state index in [4.69, 9.17) is 17.0 Å². The summed E-state index contributed by atoms with van der Waals surface area (Å²) in [7, 11) is 1.59. The van der Waals surface area contributed by atoms with Crippen molar-refractivity contribution < 1.29 is 13.9 Å². The second kappa shape index (κ2) is 8.53. The molecule has 1 amide bonds. The number of amides is 1. The first kappa shape index (κ1) is 18.1. The quantitative estimate of drug-likeness (QED) is 0.597. The molecule has 0 aliphatic carbocycles. The van der Waals surface area contributed by atoms with Gasteiger partial charge in [-0.15, -0.1) is 5.10 Å². The van der Waals surface area contributed by atoms with Crippen molar-refractivity contribution in [3.05, 3.63) is 34.0 Å². The first-order valence-electron chi connectivity index (χ1n) is 6.77. The topological polar surface area (TPSA) is 56.1 Å². The average Bonchev–Trinajstić information content (AvgIpc) is 2.87. The minimum atomic E-state index is -0.313. The van der Waals surface area contributed by atoms with Crippen LogP contribution in [0.3, 0.4) is 0 Å². The SMILES string of the molecule is COC[C@H](C)NC(=O)CSc1nn(-c2ccc(F)cc2)c(=S)s1. The van der Waals surface area contributed by atoms with E-state index in [2.05, 4.69) is 10.4 Å². The zero-order valence-corrected chi connectivity index (χ0v) is 15.1. The summed E-state index contributed by atoms with van der Waals surface area (Å²) in [4.78, 5) is 11.8. The summed E-state index contributed by atoms with van der Waals surface area (Å²) in [6.07, 6.45) is 0. The summed E-state index contributed by atoms with van der Waals surface area (Å²) < 4.78 is 20.7. The van der Waals surface area contributed by atoms with Gasteiger partial charge in [-0.05, 0) is 43.4 Å². The van der Waals surface area contributed by atoms with Gasteiger partial charge in [0.15, 0.2) is 8.29 Å². The fourth-order valence-corrected chi connectivity index (χ4v) is 3.97. The Morgan fingerprint density at radius 2 is 2.22 bits per heavy atom. The molecule has 0 spiro atoms. The smallest absolute Gasteiger partial charge is 0.230 e. The number of thioether (sulfide) groups is 1. The molecule has 0 aliphatic rings. The molecule has 2 aromatic rings. The molecule has 0 aliphatic heterocycles. The van der Waals surface area contributed by atoms with Crippen LogP contribution in [-0.4, -0.2) is 41.2 Å². The number of carbonyl (C=O) groups excluding carboxylic acids is 1. The molecule has 1 aromatic heterocycles. The van der Waals surface area contributed by atoms with Crippen LogP contribution in [0, 0.1) is 9.77 Å². The van der Waals surface area contributed by atoms with Crippen molar-refractivity contribution in [3.8, 4) is 5.69 Å². The Hall–Kier alpha value is -1.29. The zero-order chi connectivity index (χ0) is 16.8. The van der Waals surface area contributed by atoms with Gasteiger partial charge >= 0.3 is 0 Å². The van der Waals surface area contributed by atoms with Gasteiger partial charge in [0.25, 0.3) is 0 Å². The van der Waals surface area contributed by atoms with Crippen molar-refractivity contribution >= 4 is 41.2 Å². The largest absolute Gasteiger partial charge is 0.383 e. The summed E-state index contributed by atoms with van der Waals surface area (Å²) in [6, 6.07) is 5.89. The van der Waals surface area contributed by atoms with E-state index in [9.17, 15) is 9.18 Å². The molecule has 9 heteroatoms. The Bertz CT molecular complexity index is 715. The third-order valence-electron chi connectivity index (χ3n) is 2.75. The first-order valence-corrected chi connectivity index (χ1v) is 8.98. The average molecular weight is 374 g/mol. The van der Waals surface area contributed by atoms with Gasteiger partial charge in [0.2, 0.25) is 5.91 Å². The number of methoxy groups -OCH3 is 1. The molecule has 0 saturated carbocycles. The van der Waals surface area contributed by atoms with Crippen LogP contribution in [0.1, 0.15) is 6.92 Å². The van der Waals surface area contributed by atoms with Crippen LogP contribution < -0.4 is 5.32 Å². The predicted octanol–water partition coefficient (Wildman–Crippen LogP) is 3.05. The van der Waals surface area contributed by atoms with Crippen LogP contribution >= 0.6 is 35.3 Å². The maximum Gasteiger partial charge on any atom is 0.230 e. The summed E-state index contributed by atoms with van der Waals surface area (Å²) in [6.45, 7) is 2.34. The van der Waals surface area contributed by atoms with Gasteiger partial charge in [-0.2, -0.15) is 0 Å². The lowest BCUT2D eigenvalue weighted by Gasteiger charge is -2.11. The molecule has 2 rings (SSSR count). The third kappa shape index (κ3) is 5.38. The lowest BCUT2D eigenvalue weighted by molar-refractivity contribution is -0.119. The fraction of sp³-hybridized carbons (Fsp3) is 0.357. The van der Waals surface area contributed by atoms with E-state index < -0.39 is 0 Å². The zero-order valence-electron chi connectivity index (χ0n) is 12.6. The van der Waals surface area contributed by atoms with Crippen LogP contribution in [0.5, 0.6) is 0 Å². The molecule has 1 heterocycles. The number of aromatic nitrogens is 2. The highest BCUT2D eigenvalue weighted by Crippen LogP contribution is 2.24. The Labute approximate surface area is 146 Å². The van der Waals surface area contributed by atoms with E-state index in [1.54, 1.807) is 23.9 Å². The van der Waals surface area contributed by atoms with Gasteiger partial charge in [0.1, 0.15) is 5.82 Å². The highest BCUT2D eigenvalue weighted by atomic mass is 32.2. The monoisotopic (exact) mass is 373 g/mol. The highest BCUT2D eigenvalue weighted by molar-refractivity contribution is 8.01. The normalized spacial score (nSPS) is 12.1. The number of rotatable bonds is 7. The molecule has 5 nitrogen and oxygen atoms in total. The molecule has 0 saturated heterocycles. The molecule has 23 heavy (non-hydrogen) atoms. The number of hydrogen-bond acceptors (Lipinski definition) is 6. The number of halogens is 1. The van der Waals surface area contributed by atoms with Crippen LogP contribution in [-0.2, 0) is 9.53 Å². The minimum absolute atomic E-state index is 0.0388. The van der Waals surface area contributed by atoms with Crippen molar-refractivity contribution in [1.82, 2.24) is 15.1 Å². The Morgan fingerprint density at radius 1 is 1.52 bits per heavy atom. The fourth-order valence-electron chi connectivity index (χ4n) is 1.80. The van der Waals surface area contributed by atoms with E-state index in [0.29, 0.717) is 20.6 Å². The summed E-state index contributed by atoms with van der Waals surface area (Å²) in [5, 5.41) is 7.19. The number of carbonyl (C=O) groups is 1. The third-order valence-corrected chi connectivity index (χ3v) is 5.12. The molecule has 1 atom stereocenters. The molecule has 0 unspecified atom stereocenters. The van der Waals surface area contributed by atoms with Crippen LogP contribution in [0.25, 0.3) is 5.69 Å². The molecule has 1 aromatic carbocycles. The van der Waals surface area contributed by atoms with Crippen LogP contribution in [0.2, 0.25) is 0 Å². The molecule has 0 fully saturated rings. The lowest BCUT2D eigenvalue weighted by Crippen LogP contribution is -2.36. The van der Waals surface area contributed by atoms with Crippen molar-refractivity contribution in [2.75, 3.05) is 19.5 Å². The molecule has 124 valence electrons. The highest BCUT2D eigenvalue weighted by Gasteiger charge is 2.11. The van der Waals surface area contributed by atoms with Gasteiger partial charge in [0.05, 0.1) is 18.0 Å². The minimum Gasteiger partial charge on any atom is -0.383 e. The van der Waals surface area contributed by atoms with E-state index in [1.165, 1.54) is 35.2 Å². The number of nitrogens with zero attached hydrogens (tertiary/aromatic N) is 2. The van der Waals surface area contributed by atoms with E-state index >= 15 is 0 Å². The number of hydrogen-bond donors (Lipinski definition) is 1. The second-order valence-corrected chi connectivity index (χ2v) is 7.58. The predicted molar refractivity (Wildman–Crippen MR) is 92.4 cm³/mol. The van der Waals surface area contributed by atoms with Gasteiger partial charge in [0, 0.05) is 13.2 Å². The summed E-state index contributed by atoms with van der Waals surface area (Å²) in [5.74, 6) is -0.152. The van der Waals surface area contributed by atoms with E-state index in [-0.39, 0.29) is 23.5 Å². The lowest BCUT2D eigenvalue weighted by atomic mass is 10.3. The Balaban J connectivity index is 1.97. The molecule has 0 radical (unpaired) electrons. The van der Waals surface area contributed by atoms with Crippen LogP contribution in [0.4, 0.5) is 4.39 Å². The Kier molecular flexibility index (Phi) is 6.70. The maximum absolute atomic E-state index is 13.0. The Morgan fingerprint density at radius 3 is 2.87 bits per heavy atom. The van der Waals surface area contributed by atoms with Gasteiger partial charge in [-0.1, -0.05) is 23.1 Å². The van der Waals surface area contributed by atoms with Crippen LogP contribution in [0.15, 0.2) is 28.6 Å². The molecular formula is C14H16FN3O2S3. The second-order valence-electron chi connectivity index (χ2n) is 4.73. The number of benzene rings is 1. The van der Waals surface area contributed by atoms with E-state index in [1.807, 2.05) is 6.92 Å². The van der Waals surface area contributed by atoms with Crippen molar-refractivity contribution in [2.24, 2.45) is 0 Å². The summed E-state index contributed by atoms with van der Waals surface area (Å²) >= 11 is 7.90. The molecule has 0 bridgehead atoms.